The van der Waals surface area contributed by atoms with Gasteiger partial charge in [0.15, 0.2) is 0 Å². The minimum Gasteiger partial charge on any atom is -0.488 e. The fourth-order valence-corrected chi connectivity index (χ4v) is 2.57. The molecule has 0 atom stereocenters. The number of benzene rings is 1. The summed E-state index contributed by atoms with van der Waals surface area (Å²) in [7, 11) is 0. The van der Waals surface area contributed by atoms with Crippen LogP contribution in [0.15, 0.2) is 29.6 Å². The standard InChI is InChI=1S/C16H17NOS/c1-12-6-13(2)8-15(7-12)18-10-16-9-14(11-19-16)4-3-5-17/h6-9,11H,5,10,17H2,1-2H3. The van der Waals surface area contributed by atoms with Crippen molar-refractivity contribution in [3.05, 3.63) is 51.2 Å². The molecule has 98 valence electrons. The molecule has 0 radical (unpaired) electrons. The number of rotatable bonds is 3. The predicted molar refractivity (Wildman–Crippen MR) is 80.5 cm³/mol. The highest BCUT2D eigenvalue weighted by Gasteiger charge is 2.01. The van der Waals surface area contributed by atoms with Crippen molar-refractivity contribution >= 4 is 11.3 Å². The van der Waals surface area contributed by atoms with Gasteiger partial charge in [0, 0.05) is 15.8 Å². The Morgan fingerprint density at radius 2 is 1.89 bits per heavy atom. The van der Waals surface area contributed by atoms with E-state index in [1.54, 1.807) is 11.3 Å². The van der Waals surface area contributed by atoms with Gasteiger partial charge in [0.05, 0.1) is 6.54 Å². The molecule has 0 saturated carbocycles. The van der Waals surface area contributed by atoms with Crippen molar-refractivity contribution in [3.8, 4) is 17.6 Å². The zero-order valence-corrected chi connectivity index (χ0v) is 12.0. The Labute approximate surface area is 118 Å². The Kier molecular flexibility index (Phi) is 4.62. The predicted octanol–water partition coefficient (Wildman–Crippen LogP) is 3.25. The maximum absolute atomic E-state index is 5.81. The molecular formula is C16H17NOS. The van der Waals surface area contributed by atoms with Gasteiger partial charge >= 0.3 is 0 Å². The van der Waals surface area contributed by atoms with Crippen molar-refractivity contribution in [2.24, 2.45) is 5.73 Å². The molecule has 0 aliphatic heterocycles. The largest absolute Gasteiger partial charge is 0.488 e. The monoisotopic (exact) mass is 271 g/mol. The van der Waals surface area contributed by atoms with Crippen molar-refractivity contribution in [1.82, 2.24) is 0 Å². The van der Waals surface area contributed by atoms with Crippen molar-refractivity contribution < 1.29 is 4.74 Å². The summed E-state index contributed by atoms with van der Waals surface area (Å²) in [5, 5.41) is 2.03. The molecule has 0 unspecified atom stereocenters. The lowest BCUT2D eigenvalue weighted by Gasteiger charge is -2.06. The molecule has 1 aromatic carbocycles. The van der Waals surface area contributed by atoms with Crippen LogP contribution in [-0.4, -0.2) is 6.54 Å². The molecule has 19 heavy (non-hydrogen) atoms. The maximum atomic E-state index is 5.81. The summed E-state index contributed by atoms with van der Waals surface area (Å²) < 4.78 is 5.81. The van der Waals surface area contributed by atoms with E-state index in [4.69, 9.17) is 10.5 Å². The van der Waals surface area contributed by atoms with E-state index in [9.17, 15) is 0 Å². The van der Waals surface area contributed by atoms with Gasteiger partial charge in [0.2, 0.25) is 0 Å². The molecule has 0 fully saturated rings. The van der Waals surface area contributed by atoms with E-state index < -0.39 is 0 Å². The highest BCUT2D eigenvalue weighted by Crippen LogP contribution is 2.20. The van der Waals surface area contributed by atoms with Gasteiger partial charge < -0.3 is 10.5 Å². The highest BCUT2D eigenvalue weighted by atomic mass is 32.1. The molecule has 1 aromatic heterocycles. The fourth-order valence-electron chi connectivity index (χ4n) is 1.85. The van der Waals surface area contributed by atoms with E-state index in [0.29, 0.717) is 13.2 Å². The third-order valence-corrected chi connectivity index (χ3v) is 3.48. The summed E-state index contributed by atoms with van der Waals surface area (Å²) in [6.45, 7) is 5.12. The summed E-state index contributed by atoms with van der Waals surface area (Å²) in [4.78, 5) is 1.17. The van der Waals surface area contributed by atoms with Crippen molar-refractivity contribution in [1.29, 1.82) is 0 Å². The Bertz CT molecular complexity index is 599. The summed E-state index contributed by atoms with van der Waals surface area (Å²) in [5.74, 6) is 6.79. The summed E-state index contributed by atoms with van der Waals surface area (Å²) in [6.07, 6.45) is 0. The van der Waals surface area contributed by atoms with Crippen LogP contribution in [0.5, 0.6) is 5.75 Å². The molecule has 2 aromatic rings. The van der Waals surface area contributed by atoms with Crippen LogP contribution < -0.4 is 10.5 Å². The van der Waals surface area contributed by atoms with Crippen LogP contribution in [0.25, 0.3) is 0 Å². The molecule has 0 spiro atoms. The molecule has 0 amide bonds. The average Bonchev–Trinajstić information content (AvgIpc) is 2.81. The van der Waals surface area contributed by atoms with Gasteiger partial charge in [-0.3, -0.25) is 0 Å². The number of hydrogen-bond acceptors (Lipinski definition) is 3. The molecule has 0 aliphatic rings. The number of thiophene rings is 1. The van der Waals surface area contributed by atoms with E-state index in [1.165, 1.54) is 16.0 Å². The van der Waals surface area contributed by atoms with Gasteiger partial charge in [-0.1, -0.05) is 17.9 Å². The van der Waals surface area contributed by atoms with E-state index >= 15 is 0 Å². The second-order valence-electron chi connectivity index (χ2n) is 4.42. The number of hydrogen-bond donors (Lipinski definition) is 1. The van der Waals surface area contributed by atoms with Crippen LogP contribution in [0.4, 0.5) is 0 Å². The summed E-state index contributed by atoms with van der Waals surface area (Å²) in [6, 6.07) is 8.29. The first-order valence-electron chi connectivity index (χ1n) is 6.15. The SMILES string of the molecule is Cc1cc(C)cc(OCc2cc(C#CCN)cs2)c1. The Morgan fingerprint density at radius 1 is 1.16 bits per heavy atom. The van der Waals surface area contributed by atoms with Gasteiger partial charge in [-0.25, -0.2) is 0 Å². The third kappa shape index (κ3) is 4.13. The van der Waals surface area contributed by atoms with Crippen LogP contribution in [-0.2, 0) is 6.61 Å². The Morgan fingerprint density at radius 3 is 2.58 bits per heavy atom. The van der Waals surface area contributed by atoms with E-state index in [-0.39, 0.29) is 0 Å². The lowest BCUT2D eigenvalue weighted by molar-refractivity contribution is 0.309. The van der Waals surface area contributed by atoms with Crippen molar-refractivity contribution in [2.45, 2.75) is 20.5 Å². The Balaban J connectivity index is 2.00. The minimum absolute atomic E-state index is 0.393. The van der Waals surface area contributed by atoms with Crippen LogP contribution in [0, 0.1) is 25.7 Å². The zero-order chi connectivity index (χ0) is 13.7. The first-order valence-corrected chi connectivity index (χ1v) is 7.03. The normalized spacial score (nSPS) is 9.84. The maximum Gasteiger partial charge on any atom is 0.122 e. The topological polar surface area (TPSA) is 35.2 Å². The number of ether oxygens (including phenoxy) is 1. The average molecular weight is 271 g/mol. The lowest BCUT2D eigenvalue weighted by atomic mass is 10.1. The zero-order valence-electron chi connectivity index (χ0n) is 11.2. The third-order valence-electron chi connectivity index (χ3n) is 2.56. The summed E-state index contributed by atoms with van der Waals surface area (Å²) in [5.41, 5.74) is 8.80. The molecule has 0 bridgehead atoms. The molecular weight excluding hydrogens is 254 g/mol. The van der Waals surface area contributed by atoms with E-state index in [1.807, 2.05) is 5.38 Å². The number of aryl methyl sites for hydroxylation is 2. The first-order chi connectivity index (χ1) is 9.17. The molecule has 1 heterocycles. The summed E-state index contributed by atoms with van der Waals surface area (Å²) >= 11 is 1.66. The van der Waals surface area contributed by atoms with Crippen LogP contribution in [0.3, 0.4) is 0 Å². The molecule has 2 N–H and O–H groups in total. The van der Waals surface area contributed by atoms with Crippen LogP contribution in [0.1, 0.15) is 21.6 Å². The smallest absolute Gasteiger partial charge is 0.122 e. The Hall–Kier alpha value is -1.76. The van der Waals surface area contributed by atoms with Crippen molar-refractivity contribution in [3.63, 3.8) is 0 Å². The molecule has 2 rings (SSSR count). The molecule has 3 heteroatoms. The van der Waals surface area contributed by atoms with Gasteiger partial charge in [0.1, 0.15) is 12.4 Å². The van der Waals surface area contributed by atoms with Crippen LogP contribution >= 0.6 is 11.3 Å². The van der Waals surface area contributed by atoms with Gasteiger partial charge in [-0.2, -0.15) is 0 Å². The second kappa shape index (κ2) is 6.42. The fraction of sp³-hybridized carbons (Fsp3) is 0.250. The molecule has 0 aliphatic carbocycles. The van der Waals surface area contributed by atoms with E-state index in [0.717, 1.165) is 11.3 Å². The lowest BCUT2D eigenvalue weighted by Crippen LogP contribution is -1.94. The minimum atomic E-state index is 0.393. The van der Waals surface area contributed by atoms with Gasteiger partial charge in [0.25, 0.3) is 0 Å². The van der Waals surface area contributed by atoms with Gasteiger partial charge in [-0.15, -0.1) is 11.3 Å². The quantitative estimate of drug-likeness (QED) is 0.870. The number of nitrogens with two attached hydrogens (primary N) is 1. The molecule has 2 nitrogen and oxygen atoms in total. The van der Waals surface area contributed by atoms with Crippen LogP contribution in [0.2, 0.25) is 0 Å². The van der Waals surface area contributed by atoms with Crippen molar-refractivity contribution in [2.75, 3.05) is 6.54 Å². The highest BCUT2D eigenvalue weighted by molar-refractivity contribution is 7.10. The molecule has 0 saturated heterocycles. The first kappa shape index (κ1) is 13.7. The van der Waals surface area contributed by atoms with Gasteiger partial charge in [-0.05, 0) is 43.2 Å². The second-order valence-corrected chi connectivity index (χ2v) is 5.42. The van der Waals surface area contributed by atoms with E-state index in [2.05, 4.69) is 50.0 Å².